The van der Waals surface area contributed by atoms with Crippen molar-refractivity contribution in [3.05, 3.63) is 11.1 Å². The molecule has 1 aliphatic heterocycles. The van der Waals surface area contributed by atoms with Gasteiger partial charge >= 0.3 is 0 Å². The molecular weight excluding hydrogens is 193 g/mol. The molecule has 70 valence electrons. The summed E-state index contributed by atoms with van der Waals surface area (Å²) in [5.74, 6) is 1.48. The van der Waals surface area contributed by atoms with Gasteiger partial charge in [0.2, 0.25) is 0 Å². The van der Waals surface area contributed by atoms with Gasteiger partial charge < -0.3 is 0 Å². The van der Waals surface area contributed by atoms with Crippen LogP contribution in [0.4, 0.5) is 0 Å². The number of rotatable bonds is 3. The lowest BCUT2D eigenvalue weighted by Gasteiger charge is -2.14. The van der Waals surface area contributed by atoms with Crippen LogP contribution in [0.5, 0.6) is 0 Å². The SMILES string of the molecule is CC(=CCl)CN1CCC(CCl)C1. The molecule has 1 fully saturated rings. The number of hydrogen-bond acceptors (Lipinski definition) is 1. The quantitative estimate of drug-likeness (QED) is 0.644. The van der Waals surface area contributed by atoms with E-state index in [-0.39, 0.29) is 0 Å². The molecule has 1 unspecified atom stereocenters. The van der Waals surface area contributed by atoms with Gasteiger partial charge in [0, 0.05) is 24.5 Å². The molecule has 0 saturated carbocycles. The second kappa shape index (κ2) is 5.11. The van der Waals surface area contributed by atoms with Crippen LogP contribution in [0, 0.1) is 5.92 Å². The minimum absolute atomic E-state index is 0.690. The van der Waals surface area contributed by atoms with Crippen LogP contribution in [-0.4, -0.2) is 30.4 Å². The summed E-state index contributed by atoms with van der Waals surface area (Å²) in [5.41, 5.74) is 2.89. The Kier molecular flexibility index (Phi) is 4.41. The van der Waals surface area contributed by atoms with Gasteiger partial charge in [-0.25, -0.2) is 0 Å². The number of alkyl halides is 1. The smallest absolute Gasteiger partial charge is 0.0264 e. The molecule has 0 amide bonds. The maximum absolute atomic E-state index is 5.78. The molecule has 0 spiro atoms. The predicted octanol–water partition coefficient (Wildman–Crippen LogP) is 2.69. The first-order chi connectivity index (χ1) is 5.76. The maximum atomic E-state index is 5.78. The Morgan fingerprint density at radius 3 is 2.92 bits per heavy atom. The third-order valence-corrected chi connectivity index (χ3v) is 3.06. The zero-order valence-electron chi connectivity index (χ0n) is 7.39. The molecule has 0 aliphatic carbocycles. The van der Waals surface area contributed by atoms with Crippen molar-refractivity contribution in [1.29, 1.82) is 0 Å². The zero-order chi connectivity index (χ0) is 8.97. The average molecular weight is 208 g/mol. The van der Waals surface area contributed by atoms with Gasteiger partial charge in [-0.3, -0.25) is 4.90 Å². The number of likely N-dealkylation sites (tertiary alicyclic amines) is 1. The highest BCUT2D eigenvalue weighted by molar-refractivity contribution is 6.25. The number of nitrogens with zero attached hydrogens (tertiary/aromatic N) is 1. The van der Waals surface area contributed by atoms with Gasteiger partial charge in [-0.2, -0.15) is 0 Å². The van der Waals surface area contributed by atoms with E-state index in [9.17, 15) is 0 Å². The molecule has 0 aromatic rings. The molecule has 1 atom stereocenters. The Morgan fingerprint density at radius 2 is 2.42 bits per heavy atom. The molecule has 0 N–H and O–H groups in total. The van der Waals surface area contributed by atoms with Crippen molar-refractivity contribution >= 4 is 23.2 Å². The lowest BCUT2D eigenvalue weighted by molar-refractivity contribution is 0.356. The zero-order valence-corrected chi connectivity index (χ0v) is 8.91. The summed E-state index contributed by atoms with van der Waals surface area (Å²) >= 11 is 11.4. The van der Waals surface area contributed by atoms with Crippen LogP contribution in [0.25, 0.3) is 0 Å². The maximum Gasteiger partial charge on any atom is 0.0264 e. The van der Waals surface area contributed by atoms with E-state index in [0.717, 1.165) is 19.0 Å². The third kappa shape index (κ3) is 2.96. The summed E-state index contributed by atoms with van der Waals surface area (Å²) in [6.45, 7) is 5.35. The van der Waals surface area contributed by atoms with Gasteiger partial charge in [-0.15, -0.1) is 11.6 Å². The summed E-state index contributed by atoms with van der Waals surface area (Å²) in [4.78, 5) is 2.40. The molecule has 0 bridgehead atoms. The highest BCUT2D eigenvalue weighted by Crippen LogP contribution is 2.18. The van der Waals surface area contributed by atoms with Gasteiger partial charge in [0.05, 0.1) is 0 Å². The minimum atomic E-state index is 0.690. The molecule has 0 aromatic heterocycles. The fourth-order valence-electron chi connectivity index (χ4n) is 1.57. The molecule has 0 aromatic carbocycles. The first-order valence-electron chi connectivity index (χ1n) is 4.30. The van der Waals surface area contributed by atoms with E-state index in [4.69, 9.17) is 23.2 Å². The van der Waals surface area contributed by atoms with E-state index in [0.29, 0.717) is 5.92 Å². The molecule has 1 aliphatic rings. The Morgan fingerprint density at radius 1 is 1.67 bits per heavy atom. The Bertz CT molecular complexity index is 168. The fraction of sp³-hybridized carbons (Fsp3) is 0.778. The van der Waals surface area contributed by atoms with Crippen LogP contribution in [0.15, 0.2) is 11.1 Å². The van der Waals surface area contributed by atoms with Gasteiger partial charge in [0.25, 0.3) is 0 Å². The number of halogens is 2. The average Bonchev–Trinajstić information content (AvgIpc) is 2.52. The monoisotopic (exact) mass is 207 g/mol. The van der Waals surface area contributed by atoms with Crippen LogP contribution >= 0.6 is 23.2 Å². The van der Waals surface area contributed by atoms with Crippen LogP contribution in [0.2, 0.25) is 0 Å². The highest BCUT2D eigenvalue weighted by atomic mass is 35.5. The first kappa shape index (κ1) is 10.4. The lowest BCUT2D eigenvalue weighted by atomic mass is 10.2. The van der Waals surface area contributed by atoms with Crippen molar-refractivity contribution in [2.24, 2.45) is 5.92 Å². The molecule has 1 heterocycles. The van der Waals surface area contributed by atoms with Gasteiger partial charge in [-0.05, 0) is 31.4 Å². The summed E-state index contributed by atoms with van der Waals surface area (Å²) in [5, 5.41) is 0. The Labute approximate surface area is 84.3 Å². The van der Waals surface area contributed by atoms with Crippen molar-refractivity contribution in [3.63, 3.8) is 0 Å². The predicted molar refractivity (Wildman–Crippen MR) is 54.9 cm³/mol. The highest BCUT2D eigenvalue weighted by Gasteiger charge is 2.20. The molecule has 0 radical (unpaired) electrons. The van der Waals surface area contributed by atoms with Crippen LogP contribution in [0.1, 0.15) is 13.3 Å². The molecular formula is C9H15Cl2N. The number of hydrogen-bond donors (Lipinski definition) is 0. The second-order valence-electron chi connectivity index (χ2n) is 3.50. The Hall–Kier alpha value is 0.280. The van der Waals surface area contributed by atoms with Gasteiger partial charge in [0.15, 0.2) is 0 Å². The lowest BCUT2D eigenvalue weighted by Crippen LogP contribution is -2.22. The fourth-order valence-corrected chi connectivity index (χ4v) is 1.89. The molecule has 1 saturated heterocycles. The van der Waals surface area contributed by atoms with Crippen LogP contribution in [-0.2, 0) is 0 Å². The summed E-state index contributed by atoms with van der Waals surface area (Å²) in [6, 6.07) is 0. The summed E-state index contributed by atoms with van der Waals surface area (Å²) in [7, 11) is 0. The van der Waals surface area contributed by atoms with E-state index in [2.05, 4.69) is 11.8 Å². The first-order valence-corrected chi connectivity index (χ1v) is 5.27. The summed E-state index contributed by atoms with van der Waals surface area (Å²) in [6.07, 6.45) is 1.24. The minimum Gasteiger partial charge on any atom is -0.299 e. The van der Waals surface area contributed by atoms with Gasteiger partial charge in [0.1, 0.15) is 0 Å². The molecule has 12 heavy (non-hydrogen) atoms. The van der Waals surface area contributed by atoms with Crippen molar-refractivity contribution < 1.29 is 0 Å². The van der Waals surface area contributed by atoms with E-state index < -0.39 is 0 Å². The van der Waals surface area contributed by atoms with Crippen molar-refractivity contribution in [1.82, 2.24) is 4.90 Å². The van der Waals surface area contributed by atoms with Crippen LogP contribution < -0.4 is 0 Å². The topological polar surface area (TPSA) is 3.24 Å². The van der Waals surface area contributed by atoms with Gasteiger partial charge in [-0.1, -0.05) is 11.6 Å². The second-order valence-corrected chi connectivity index (χ2v) is 4.03. The van der Waals surface area contributed by atoms with E-state index in [1.54, 1.807) is 5.54 Å². The third-order valence-electron chi connectivity index (χ3n) is 2.25. The van der Waals surface area contributed by atoms with Crippen molar-refractivity contribution in [2.75, 3.05) is 25.5 Å². The molecule has 1 nitrogen and oxygen atoms in total. The van der Waals surface area contributed by atoms with Crippen molar-refractivity contribution in [3.8, 4) is 0 Å². The largest absolute Gasteiger partial charge is 0.299 e. The standard InChI is InChI=1S/C9H15Cl2N/c1-8(4-10)6-12-3-2-9(5-11)7-12/h4,9H,2-3,5-7H2,1H3. The van der Waals surface area contributed by atoms with Crippen LogP contribution in [0.3, 0.4) is 0 Å². The van der Waals surface area contributed by atoms with E-state index in [1.807, 2.05) is 0 Å². The van der Waals surface area contributed by atoms with E-state index in [1.165, 1.54) is 18.5 Å². The molecule has 1 rings (SSSR count). The van der Waals surface area contributed by atoms with Crippen molar-refractivity contribution in [2.45, 2.75) is 13.3 Å². The Balaban J connectivity index is 2.28. The molecule has 3 heteroatoms. The normalized spacial score (nSPS) is 26.6. The summed E-state index contributed by atoms with van der Waals surface area (Å²) < 4.78 is 0. The van der Waals surface area contributed by atoms with E-state index >= 15 is 0 Å².